The second-order valence-corrected chi connectivity index (χ2v) is 14.7. The van der Waals surface area contributed by atoms with Crippen molar-refractivity contribution >= 4 is 50.4 Å². The topological polar surface area (TPSA) is 68.2 Å². The third-order valence-corrected chi connectivity index (χ3v) is 11.5. The lowest BCUT2D eigenvalue weighted by Crippen LogP contribution is -2.30. The van der Waals surface area contributed by atoms with Gasteiger partial charge < -0.3 is 13.7 Å². The molecule has 1 aliphatic heterocycles. The first kappa shape index (κ1) is 31.7. The molecule has 12 rings (SSSR count). The van der Waals surface area contributed by atoms with Gasteiger partial charge >= 0.3 is 0 Å². The first-order chi connectivity index (χ1) is 28.2. The van der Waals surface area contributed by atoms with Crippen LogP contribution in [0.4, 0.5) is 11.4 Å². The van der Waals surface area contributed by atoms with Gasteiger partial charge in [0.2, 0.25) is 0 Å². The number of hydrogen-bond acceptors (Lipinski definition) is 6. The van der Waals surface area contributed by atoms with Crippen LogP contribution in [0.2, 0.25) is 0 Å². The van der Waals surface area contributed by atoms with E-state index in [1.807, 2.05) is 30.3 Å². The molecule has 0 bridgehead atoms. The van der Waals surface area contributed by atoms with Crippen LogP contribution in [0.3, 0.4) is 0 Å². The minimum atomic E-state index is 0.0843. The van der Waals surface area contributed by atoms with E-state index in [-0.39, 0.29) is 12.0 Å². The molecule has 0 radical (unpaired) electrons. The zero-order valence-corrected chi connectivity index (χ0v) is 30.6. The van der Waals surface area contributed by atoms with E-state index >= 15 is 0 Å². The fourth-order valence-corrected chi connectivity index (χ4v) is 8.91. The molecule has 0 fully saturated rings. The van der Waals surface area contributed by atoms with Gasteiger partial charge in [0.15, 0.2) is 17.5 Å². The second-order valence-electron chi connectivity index (χ2n) is 14.7. The molecule has 2 unspecified atom stereocenters. The maximum atomic E-state index is 6.87. The quantitative estimate of drug-likeness (QED) is 0.175. The minimum absolute atomic E-state index is 0.0843. The van der Waals surface area contributed by atoms with Gasteiger partial charge in [-0.2, -0.15) is 0 Å². The largest absolute Gasteiger partial charge is 0.456 e. The minimum Gasteiger partial charge on any atom is -0.456 e. The van der Waals surface area contributed by atoms with E-state index < -0.39 is 0 Å². The molecule has 4 heterocycles. The van der Waals surface area contributed by atoms with E-state index in [1.165, 1.54) is 22.5 Å². The van der Waals surface area contributed by atoms with Gasteiger partial charge in [-0.3, -0.25) is 0 Å². The molecule has 0 spiro atoms. The summed E-state index contributed by atoms with van der Waals surface area (Å²) in [5, 5.41) is 3.19. The van der Waals surface area contributed by atoms with Gasteiger partial charge in [-0.05, 0) is 65.2 Å². The first-order valence-corrected chi connectivity index (χ1v) is 19.3. The zero-order chi connectivity index (χ0) is 37.5. The van der Waals surface area contributed by atoms with Gasteiger partial charge in [0.1, 0.15) is 22.5 Å². The van der Waals surface area contributed by atoms with E-state index in [0.717, 1.165) is 66.5 Å². The SMILES string of the molecule is C1=CC2C(c3ccccc3N2c2ccccc2)c2c1oc1c(-c3nc(-c4ccc(-c5ccccc5)cc4)nc(-c4ccc5c(c4)oc4ccccc45)n3)cccc21. The van der Waals surface area contributed by atoms with Crippen molar-refractivity contribution in [2.24, 2.45) is 0 Å². The number of rotatable bonds is 5. The lowest BCUT2D eigenvalue weighted by Gasteiger charge is -2.30. The number of aromatic nitrogens is 3. The summed E-state index contributed by atoms with van der Waals surface area (Å²) in [6, 6.07) is 58.9. The predicted molar refractivity (Wildman–Crippen MR) is 228 cm³/mol. The highest BCUT2D eigenvalue weighted by Crippen LogP contribution is 2.54. The molecule has 0 saturated heterocycles. The maximum Gasteiger partial charge on any atom is 0.167 e. The summed E-state index contributed by atoms with van der Waals surface area (Å²) >= 11 is 0. The van der Waals surface area contributed by atoms with Crippen LogP contribution in [-0.2, 0) is 0 Å². The monoisotopic (exact) mass is 732 g/mol. The molecule has 6 heteroatoms. The van der Waals surface area contributed by atoms with Gasteiger partial charge in [-0.15, -0.1) is 0 Å². The summed E-state index contributed by atoms with van der Waals surface area (Å²) in [6.45, 7) is 0. The Morgan fingerprint density at radius 1 is 0.474 bits per heavy atom. The van der Waals surface area contributed by atoms with Gasteiger partial charge in [-0.25, -0.2) is 15.0 Å². The molecule has 3 aromatic heterocycles. The van der Waals surface area contributed by atoms with Gasteiger partial charge in [0.05, 0.1) is 11.6 Å². The number of furan rings is 2. The van der Waals surface area contributed by atoms with Crippen LogP contribution < -0.4 is 4.90 Å². The highest BCUT2D eigenvalue weighted by atomic mass is 16.3. The third-order valence-electron chi connectivity index (χ3n) is 11.5. The second kappa shape index (κ2) is 12.5. The Balaban J connectivity index is 1.02. The van der Waals surface area contributed by atoms with Crippen LogP contribution in [0.5, 0.6) is 0 Å². The van der Waals surface area contributed by atoms with Crippen molar-refractivity contribution < 1.29 is 8.83 Å². The number of benzene rings is 7. The van der Waals surface area contributed by atoms with Crippen molar-refractivity contribution in [1.29, 1.82) is 0 Å². The summed E-state index contributed by atoms with van der Waals surface area (Å²) in [4.78, 5) is 17.9. The fraction of sp³-hybridized carbons (Fsp3) is 0.0392. The van der Waals surface area contributed by atoms with Crippen LogP contribution in [0, 0.1) is 0 Å². The van der Waals surface area contributed by atoms with E-state index in [1.54, 1.807) is 0 Å². The Morgan fingerprint density at radius 2 is 1.12 bits per heavy atom. The lowest BCUT2D eigenvalue weighted by atomic mass is 9.82. The van der Waals surface area contributed by atoms with E-state index in [4.69, 9.17) is 23.8 Å². The van der Waals surface area contributed by atoms with Crippen LogP contribution in [0.25, 0.3) is 84.3 Å². The third kappa shape index (κ3) is 5.00. The molecule has 6 nitrogen and oxygen atoms in total. The average molecular weight is 733 g/mol. The Morgan fingerprint density at radius 3 is 1.98 bits per heavy atom. The van der Waals surface area contributed by atoms with Gasteiger partial charge in [-0.1, -0.05) is 133 Å². The lowest BCUT2D eigenvalue weighted by molar-refractivity contribution is 0.584. The Bertz CT molecular complexity index is 3200. The van der Waals surface area contributed by atoms with Crippen LogP contribution >= 0.6 is 0 Å². The molecular formula is C51H32N4O2. The molecule has 7 aromatic carbocycles. The Kier molecular flexibility index (Phi) is 6.95. The van der Waals surface area contributed by atoms with E-state index in [2.05, 4.69) is 157 Å². The summed E-state index contributed by atoms with van der Waals surface area (Å²) in [6.07, 6.45) is 4.43. The van der Waals surface area contributed by atoms with Crippen LogP contribution in [-0.4, -0.2) is 21.0 Å². The number of anilines is 2. The van der Waals surface area contributed by atoms with Crippen LogP contribution in [0.15, 0.2) is 185 Å². The summed E-state index contributed by atoms with van der Waals surface area (Å²) in [5.74, 6) is 2.63. The molecule has 1 aliphatic carbocycles. The maximum absolute atomic E-state index is 6.87. The highest BCUT2D eigenvalue weighted by Gasteiger charge is 2.43. The molecular weight excluding hydrogens is 701 g/mol. The molecule has 268 valence electrons. The van der Waals surface area contributed by atoms with Crippen molar-refractivity contribution in [2.75, 3.05) is 4.90 Å². The molecule has 0 N–H and O–H groups in total. The standard InChI is InChI=1S/C51H32N4O2/c1-3-12-31(13-4-1)32-22-24-33(25-23-32)49-52-50(34-26-27-37-36-16-8-10-21-43(36)56-45(37)30-34)54-51(53-49)40-19-11-18-39-47-44(57-48(39)40)29-28-42-46(47)38-17-7-9-20-41(38)55(42)35-14-5-2-6-15-35/h1-30,42,46H. The number of para-hydroxylation sites is 4. The van der Waals surface area contributed by atoms with Gasteiger partial charge in [0.25, 0.3) is 0 Å². The predicted octanol–water partition coefficient (Wildman–Crippen LogP) is 12.9. The molecule has 0 saturated carbocycles. The fourth-order valence-electron chi connectivity index (χ4n) is 8.91. The number of nitrogens with zero attached hydrogens (tertiary/aromatic N) is 4. The number of fused-ring (bicyclic) bond motifs is 10. The Hall–Kier alpha value is -7.57. The van der Waals surface area contributed by atoms with Crippen molar-refractivity contribution in [3.05, 3.63) is 193 Å². The first-order valence-electron chi connectivity index (χ1n) is 19.3. The average Bonchev–Trinajstić information content (AvgIpc) is 3.96. The molecule has 2 aliphatic rings. The highest BCUT2D eigenvalue weighted by molar-refractivity contribution is 6.06. The van der Waals surface area contributed by atoms with E-state index in [0.29, 0.717) is 17.5 Å². The van der Waals surface area contributed by atoms with Crippen molar-refractivity contribution in [2.45, 2.75) is 12.0 Å². The van der Waals surface area contributed by atoms with Crippen molar-refractivity contribution in [3.8, 4) is 45.3 Å². The molecule has 57 heavy (non-hydrogen) atoms. The van der Waals surface area contributed by atoms with E-state index in [9.17, 15) is 0 Å². The Labute approximate surface area is 328 Å². The molecule has 2 atom stereocenters. The molecule has 10 aromatic rings. The summed E-state index contributed by atoms with van der Waals surface area (Å²) < 4.78 is 13.2. The smallest absolute Gasteiger partial charge is 0.167 e. The molecule has 0 amide bonds. The summed E-state index contributed by atoms with van der Waals surface area (Å²) in [5.41, 5.74) is 12.1. The summed E-state index contributed by atoms with van der Waals surface area (Å²) in [7, 11) is 0. The zero-order valence-electron chi connectivity index (χ0n) is 30.6. The number of hydrogen-bond donors (Lipinski definition) is 0. The van der Waals surface area contributed by atoms with Crippen LogP contribution in [0.1, 0.15) is 22.8 Å². The normalized spacial score (nSPS) is 15.6. The van der Waals surface area contributed by atoms with Gasteiger partial charge in [0, 0.05) is 50.1 Å². The van der Waals surface area contributed by atoms with Crippen molar-refractivity contribution in [3.63, 3.8) is 0 Å². The van der Waals surface area contributed by atoms with Crippen molar-refractivity contribution in [1.82, 2.24) is 15.0 Å².